The van der Waals surface area contributed by atoms with Crippen molar-refractivity contribution in [1.82, 2.24) is 0 Å². The number of thiocarbonyl (C=S) groups is 1. The van der Waals surface area contributed by atoms with Gasteiger partial charge >= 0.3 is 6.16 Å². The van der Waals surface area contributed by atoms with Gasteiger partial charge in [0.05, 0.1) is 6.10 Å². The molecule has 1 aliphatic carbocycles. The maximum atomic E-state index is 14.1. The van der Waals surface area contributed by atoms with Gasteiger partial charge in [0.25, 0.3) is 0 Å². The molecule has 0 spiro atoms. The number of halogens is 1. The van der Waals surface area contributed by atoms with E-state index in [0.29, 0.717) is 29.9 Å². The van der Waals surface area contributed by atoms with Crippen LogP contribution in [0.1, 0.15) is 115 Å². The molecule has 47 heavy (non-hydrogen) atoms. The Hall–Kier alpha value is -3.09. The molecule has 0 saturated heterocycles. The standard InChI is InChI=1S/C41H53FO4S/c1-4-6-7-8-9-10-27-44-36-21-11-31(12-22-36)28-39(47)29-32-13-23-37(24-14-32)45-41(43)46-38-25-19-35(20-26-38)34-17-15-33(16-18-34)30(3)40(42)5-2/h13-20,23-26,30-31,36,40H,4-12,21-22,27-29H2,1-3H3. The molecule has 4 rings (SSSR count). The first-order valence-corrected chi connectivity index (χ1v) is 18.2. The minimum Gasteiger partial charge on any atom is -0.395 e. The number of ether oxygens (including phenoxy) is 3. The van der Waals surface area contributed by atoms with E-state index in [-0.39, 0.29) is 5.92 Å². The molecule has 1 saturated carbocycles. The van der Waals surface area contributed by atoms with E-state index in [1.807, 2.05) is 62.4 Å². The van der Waals surface area contributed by atoms with Crippen LogP contribution in [0, 0.1) is 5.92 Å². The fourth-order valence-electron chi connectivity index (χ4n) is 6.40. The van der Waals surface area contributed by atoms with Crippen LogP contribution < -0.4 is 9.47 Å². The van der Waals surface area contributed by atoms with Gasteiger partial charge in [-0.2, -0.15) is 0 Å². The number of carbonyl (C=O) groups is 1. The molecule has 0 aromatic heterocycles. The molecule has 0 amide bonds. The molecule has 0 aliphatic heterocycles. The lowest BCUT2D eigenvalue weighted by Gasteiger charge is -2.28. The molecule has 1 aliphatic rings. The van der Waals surface area contributed by atoms with Crippen molar-refractivity contribution in [2.75, 3.05) is 6.61 Å². The maximum absolute atomic E-state index is 14.1. The Morgan fingerprint density at radius 1 is 0.787 bits per heavy atom. The Balaban J connectivity index is 1.14. The summed E-state index contributed by atoms with van der Waals surface area (Å²) in [6.45, 7) is 6.94. The summed E-state index contributed by atoms with van der Waals surface area (Å²) in [7, 11) is 0. The third-order valence-corrected chi connectivity index (χ3v) is 9.76. The first-order chi connectivity index (χ1) is 22.8. The molecule has 3 aromatic carbocycles. The van der Waals surface area contributed by atoms with Gasteiger partial charge in [-0.25, -0.2) is 9.18 Å². The van der Waals surface area contributed by atoms with Gasteiger partial charge in [0, 0.05) is 18.9 Å². The van der Waals surface area contributed by atoms with E-state index < -0.39 is 12.3 Å². The van der Waals surface area contributed by atoms with Crippen LogP contribution in [0.2, 0.25) is 0 Å². The number of unbranched alkanes of at least 4 members (excludes halogenated alkanes) is 5. The highest BCUT2D eigenvalue weighted by Crippen LogP contribution is 2.30. The summed E-state index contributed by atoms with van der Waals surface area (Å²) in [5.74, 6) is 1.33. The Bertz CT molecular complexity index is 1350. The quantitative estimate of drug-likeness (QED) is 0.0588. The molecule has 0 bridgehead atoms. The van der Waals surface area contributed by atoms with Crippen LogP contribution in [0.4, 0.5) is 9.18 Å². The zero-order chi connectivity index (χ0) is 33.4. The lowest BCUT2D eigenvalue weighted by atomic mass is 9.84. The molecule has 4 nitrogen and oxygen atoms in total. The number of alkyl halides is 1. The second-order valence-corrected chi connectivity index (χ2v) is 13.7. The summed E-state index contributed by atoms with van der Waals surface area (Å²) < 4.78 is 31.0. The average Bonchev–Trinajstić information content (AvgIpc) is 3.09. The highest BCUT2D eigenvalue weighted by molar-refractivity contribution is 7.80. The van der Waals surface area contributed by atoms with Crippen LogP contribution in [0.25, 0.3) is 11.1 Å². The summed E-state index contributed by atoms with van der Waals surface area (Å²) in [5.41, 5.74) is 4.09. The van der Waals surface area contributed by atoms with Gasteiger partial charge in [-0.1, -0.05) is 114 Å². The van der Waals surface area contributed by atoms with E-state index >= 15 is 0 Å². The van der Waals surface area contributed by atoms with Crippen molar-refractivity contribution < 1.29 is 23.4 Å². The Kier molecular flexibility index (Phi) is 15.4. The first-order valence-electron chi connectivity index (χ1n) is 17.8. The SMILES string of the molecule is CCCCCCCCOC1CCC(CC(=S)Cc2ccc(OC(=O)Oc3ccc(-c4ccc(C(C)C(F)CC)cc4)cc3)cc2)CC1. The monoisotopic (exact) mass is 660 g/mol. The molecule has 2 unspecified atom stereocenters. The van der Waals surface area contributed by atoms with Crippen LogP contribution in [0.3, 0.4) is 0 Å². The van der Waals surface area contributed by atoms with Crippen LogP contribution in [0.5, 0.6) is 11.5 Å². The van der Waals surface area contributed by atoms with Crippen molar-refractivity contribution in [2.45, 2.75) is 122 Å². The molecule has 1 fully saturated rings. The van der Waals surface area contributed by atoms with Crippen molar-refractivity contribution in [3.05, 3.63) is 83.9 Å². The second kappa shape index (κ2) is 19.7. The van der Waals surface area contributed by atoms with Crippen LogP contribution >= 0.6 is 12.2 Å². The zero-order valence-electron chi connectivity index (χ0n) is 28.6. The van der Waals surface area contributed by atoms with Gasteiger partial charge in [-0.05, 0) is 102 Å². The van der Waals surface area contributed by atoms with Crippen molar-refractivity contribution in [2.24, 2.45) is 5.92 Å². The van der Waals surface area contributed by atoms with E-state index in [2.05, 4.69) is 6.92 Å². The summed E-state index contributed by atoms with van der Waals surface area (Å²) in [6.07, 6.45) is 13.5. The highest BCUT2D eigenvalue weighted by Gasteiger charge is 2.22. The third-order valence-electron chi connectivity index (χ3n) is 9.45. The summed E-state index contributed by atoms with van der Waals surface area (Å²) in [4.78, 5) is 13.5. The fourth-order valence-corrected chi connectivity index (χ4v) is 6.80. The molecule has 0 heterocycles. The summed E-state index contributed by atoms with van der Waals surface area (Å²) in [5, 5.41) is 0. The van der Waals surface area contributed by atoms with Crippen molar-refractivity contribution in [1.29, 1.82) is 0 Å². The van der Waals surface area contributed by atoms with Crippen LogP contribution in [0.15, 0.2) is 72.8 Å². The molecule has 0 radical (unpaired) electrons. The van der Waals surface area contributed by atoms with Crippen molar-refractivity contribution in [3.8, 4) is 22.6 Å². The Morgan fingerprint density at radius 2 is 1.34 bits per heavy atom. The van der Waals surface area contributed by atoms with Gasteiger partial charge in [-0.15, -0.1) is 0 Å². The van der Waals surface area contributed by atoms with E-state index in [4.69, 9.17) is 26.4 Å². The topological polar surface area (TPSA) is 44.8 Å². The number of hydrogen-bond donors (Lipinski definition) is 0. The smallest absolute Gasteiger partial charge is 0.395 e. The van der Waals surface area contributed by atoms with Gasteiger partial charge in [0.15, 0.2) is 0 Å². The molecular weight excluding hydrogens is 608 g/mol. The summed E-state index contributed by atoms with van der Waals surface area (Å²) in [6, 6.07) is 22.7. The van der Waals surface area contributed by atoms with E-state index in [1.54, 1.807) is 24.3 Å². The normalized spacial score (nSPS) is 17.5. The molecule has 3 aromatic rings. The third kappa shape index (κ3) is 12.5. The highest BCUT2D eigenvalue weighted by atomic mass is 32.1. The zero-order valence-corrected chi connectivity index (χ0v) is 29.4. The fraction of sp³-hybridized carbons (Fsp3) is 0.512. The number of benzene rings is 3. The van der Waals surface area contributed by atoms with Crippen molar-refractivity contribution >= 4 is 23.2 Å². The lowest BCUT2D eigenvalue weighted by molar-refractivity contribution is 0.0168. The summed E-state index contributed by atoms with van der Waals surface area (Å²) >= 11 is 5.77. The van der Waals surface area contributed by atoms with Crippen LogP contribution in [-0.2, 0) is 11.2 Å². The first kappa shape index (κ1) is 36.7. The van der Waals surface area contributed by atoms with Gasteiger partial charge < -0.3 is 14.2 Å². The van der Waals surface area contributed by atoms with Gasteiger partial charge in [0.1, 0.15) is 17.7 Å². The minimum absolute atomic E-state index is 0.135. The Labute approximate surface area is 287 Å². The average molecular weight is 661 g/mol. The van der Waals surface area contributed by atoms with Gasteiger partial charge in [0.2, 0.25) is 0 Å². The molecule has 6 heteroatoms. The second-order valence-electron chi connectivity index (χ2n) is 13.2. The predicted molar refractivity (Wildman–Crippen MR) is 195 cm³/mol. The Morgan fingerprint density at radius 3 is 1.94 bits per heavy atom. The van der Waals surface area contributed by atoms with E-state index in [0.717, 1.165) is 59.4 Å². The minimum atomic E-state index is -0.849. The maximum Gasteiger partial charge on any atom is 0.519 e. The van der Waals surface area contributed by atoms with Crippen molar-refractivity contribution in [3.63, 3.8) is 0 Å². The molecule has 254 valence electrons. The van der Waals surface area contributed by atoms with E-state index in [1.165, 1.54) is 51.4 Å². The molecular formula is C41H53FO4S. The number of carbonyl (C=O) groups excluding carboxylic acids is 1. The molecule has 0 N–H and O–H groups in total. The molecule has 2 atom stereocenters. The number of hydrogen-bond acceptors (Lipinski definition) is 5. The predicted octanol–water partition coefficient (Wildman–Crippen LogP) is 12.0. The number of rotatable bonds is 18. The largest absolute Gasteiger partial charge is 0.519 e. The van der Waals surface area contributed by atoms with E-state index in [9.17, 15) is 9.18 Å². The van der Waals surface area contributed by atoms with Crippen LogP contribution in [-0.4, -0.2) is 29.9 Å². The lowest BCUT2D eigenvalue weighted by Crippen LogP contribution is -2.23. The van der Waals surface area contributed by atoms with Gasteiger partial charge in [-0.3, -0.25) is 0 Å².